The van der Waals surface area contributed by atoms with Gasteiger partial charge < -0.3 is 19.9 Å². The summed E-state index contributed by atoms with van der Waals surface area (Å²) < 4.78 is 32.9. The highest BCUT2D eigenvalue weighted by atomic mass is 19.1. The third-order valence-corrected chi connectivity index (χ3v) is 5.63. The average Bonchev–Trinajstić information content (AvgIpc) is 2.76. The molecule has 8 nitrogen and oxygen atoms in total. The van der Waals surface area contributed by atoms with Crippen LogP contribution in [0.3, 0.4) is 0 Å². The van der Waals surface area contributed by atoms with Gasteiger partial charge in [0.05, 0.1) is 19.1 Å². The number of carbonyl (C=O) groups is 4. The summed E-state index contributed by atoms with van der Waals surface area (Å²) in [5.41, 5.74) is -0.765. The zero-order valence-corrected chi connectivity index (χ0v) is 19.4. The van der Waals surface area contributed by atoms with Crippen molar-refractivity contribution in [2.75, 3.05) is 33.3 Å². The second kappa shape index (κ2) is 11.7. The van der Waals surface area contributed by atoms with Gasteiger partial charge in [-0.3, -0.25) is 19.2 Å². The van der Waals surface area contributed by atoms with Gasteiger partial charge in [0.15, 0.2) is 0 Å². The molecule has 1 aromatic rings. The summed E-state index contributed by atoms with van der Waals surface area (Å²) in [5, 5.41) is 2.39. The molecule has 0 saturated carbocycles. The van der Waals surface area contributed by atoms with Crippen LogP contribution >= 0.6 is 0 Å². The Hall–Kier alpha value is -3.04. The molecule has 0 bridgehead atoms. The highest BCUT2D eigenvalue weighted by molar-refractivity contribution is 5.98. The van der Waals surface area contributed by atoms with Crippen LogP contribution in [0.15, 0.2) is 18.2 Å². The van der Waals surface area contributed by atoms with Crippen LogP contribution in [-0.2, 0) is 19.1 Å². The van der Waals surface area contributed by atoms with Crippen molar-refractivity contribution in [1.29, 1.82) is 0 Å². The summed E-state index contributed by atoms with van der Waals surface area (Å²) in [7, 11) is 1.43. The minimum atomic E-state index is -1.08. The fourth-order valence-corrected chi connectivity index (χ4v) is 3.68. The lowest BCUT2D eigenvalue weighted by atomic mass is 9.97. The normalized spacial score (nSPS) is 15.2. The van der Waals surface area contributed by atoms with E-state index < -0.39 is 41.0 Å². The fraction of sp³-hybridized carbons (Fsp3) is 0.565. The SMILES string of the molecule is CCOC(=O)C1CCN(C(=O)CN(C)C(=O)C(NC(=O)c2c(F)cccc2F)C(C)C)CC1. The molecule has 2 rings (SSSR count). The lowest BCUT2D eigenvalue weighted by Gasteiger charge is -2.33. The molecule has 1 saturated heterocycles. The maximum atomic E-state index is 13.9. The van der Waals surface area contributed by atoms with Gasteiger partial charge in [0.1, 0.15) is 23.2 Å². The number of nitrogens with one attached hydrogen (secondary N) is 1. The fourth-order valence-electron chi connectivity index (χ4n) is 3.68. The molecule has 1 heterocycles. The summed E-state index contributed by atoms with van der Waals surface area (Å²) in [4.78, 5) is 52.7. The number of halogens is 2. The number of carbonyl (C=O) groups excluding carboxylic acids is 4. The van der Waals surface area contributed by atoms with E-state index in [0.717, 1.165) is 18.2 Å². The molecule has 1 unspecified atom stereocenters. The minimum Gasteiger partial charge on any atom is -0.466 e. The Labute approximate surface area is 192 Å². The third-order valence-electron chi connectivity index (χ3n) is 5.63. The lowest BCUT2D eigenvalue weighted by Crippen LogP contribution is -2.53. The highest BCUT2D eigenvalue weighted by Crippen LogP contribution is 2.19. The van der Waals surface area contributed by atoms with Crippen molar-refractivity contribution in [3.8, 4) is 0 Å². The maximum absolute atomic E-state index is 13.9. The van der Waals surface area contributed by atoms with Crippen molar-refractivity contribution in [2.45, 2.75) is 39.7 Å². The summed E-state index contributed by atoms with van der Waals surface area (Å²) >= 11 is 0. The maximum Gasteiger partial charge on any atom is 0.309 e. The molecule has 0 radical (unpaired) electrons. The number of esters is 1. The minimum absolute atomic E-state index is 0.226. The Bertz CT molecular complexity index is 865. The number of amides is 3. The first kappa shape index (κ1) is 26.2. The molecule has 0 spiro atoms. The first-order valence-electron chi connectivity index (χ1n) is 11.0. The van der Waals surface area contributed by atoms with Gasteiger partial charge in [0.25, 0.3) is 5.91 Å². The summed E-state index contributed by atoms with van der Waals surface area (Å²) in [6, 6.07) is 1.98. The molecular weight excluding hydrogens is 436 g/mol. The Morgan fingerprint density at radius 2 is 1.73 bits per heavy atom. The highest BCUT2D eigenvalue weighted by Gasteiger charge is 2.32. The standard InChI is InChI=1S/C23H31F2N3O5/c1-5-33-23(32)15-9-11-28(12-10-15)18(29)13-27(4)22(31)20(14(2)3)26-21(30)19-16(24)7-6-8-17(19)25/h6-8,14-15,20H,5,9-13H2,1-4H3,(H,26,30). The second-order valence-corrected chi connectivity index (χ2v) is 8.39. The Balaban J connectivity index is 1.98. The monoisotopic (exact) mass is 467 g/mol. The van der Waals surface area contributed by atoms with Crippen molar-refractivity contribution in [3.63, 3.8) is 0 Å². The summed E-state index contributed by atoms with van der Waals surface area (Å²) in [5.74, 6) is -4.85. The lowest BCUT2D eigenvalue weighted by molar-refractivity contribution is -0.151. The van der Waals surface area contributed by atoms with Crippen molar-refractivity contribution >= 4 is 23.7 Å². The second-order valence-electron chi connectivity index (χ2n) is 8.39. The van der Waals surface area contributed by atoms with Crippen LogP contribution in [0, 0.1) is 23.5 Å². The average molecular weight is 468 g/mol. The molecule has 1 aliphatic rings. The number of benzene rings is 1. The molecule has 1 aliphatic heterocycles. The van der Waals surface area contributed by atoms with Gasteiger partial charge in [-0.25, -0.2) is 8.78 Å². The van der Waals surface area contributed by atoms with Gasteiger partial charge in [0, 0.05) is 20.1 Å². The smallest absolute Gasteiger partial charge is 0.309 e. The number of likely N-dealkylation sites (tertiary alicyclic amines) is 1. The molecule has 1 N–H and O–H groups in total. The molecule has 182 valence electrons. The molecule has 0 aliphatic carbocycles. The van der Waals surface area contributed by atoms with E-state index in [4.69, 9.17) is 4.74 Å². The van der Waals surface area contributed by atoms with Crippen molar-refractivity contribution in [3.05, 3.63) is 35.4 Å². The Kier molecular flexibility index (Phi) is 9.31. The topological polar surface area (TPSA) is 96.0 Å². The number of nitrogens with zero attached hydrogens (tertiary/aromatic N) is 2. The number of rotatable bonds is 8. The molecular formula is C23H31F2N3O5. The zero-order chi connectivity index (χ0) is 24.7. The number of piperidine rings is 1. The van der Waals surface area contributed by atoms with E-state index in [1.54, 1.807) is 25.7 Å². The van der Waals surface area contributed by atoms with Crippen molar-refractivity contribution in [1.82, 2.24) is 15.1 Å². The van der Waals surface area contributed by atoms with E-state index in [1.807, 2.05) is 0 Å². The van der Waals surface area contributed by atoms with Crippen LogP contribution in [0.1, 0.15) is 44.0 Å². The van der Waals surface area contributed by atoms with Gasteiger partial charge in [-0.15, -0.1) is 0 Å². The van der Waals surface area contributed by atoms with Crippen molar-refractivity contribution < 1.29 is 32.7 Å². The van der Waals surface area contributed by atoms with E-state index in [9.17, 15) is 28.0 Å². The molecule has 1 atom stereocenters. The van der Waals surface area contributed by atoms with Crippen LogP contribution in [0.5, 0.6) is 0 Å². The largest absolute Gasteiger partial charge is 0.466 e. The first-order valence-corrected chi connectivity index (χ1v) is 11.0. The molecule has 10 heteroatoms. The van der Waals surface area contributed by atoms with E-state index >= 15 is 0 Å². The first-order chi connectivity index (χ1) is 15.6. The molecule has 1 aromatic carbocycles. The zero-order valence-electron chi connectivity index (χ0n) is 19.4. The van der Waals surface area contributed by atoms with E-state index in [-0.39, 0.29) is 24.3 Å². The Morgan fingerprint density at radius 3 is 2.24 bits per heavy atom. The number of hydrogen-bond donors (Lipinski definition) is 1. The van der Waals surface area contributed by atoms with Gasteiger partial charge >= 0.3 is 5.97 Å². The van der Waals surface area contributed by atoms with Crippen LogP contribution < -0.4 is 5.32 Å². The third kappa shape index (κ3) is 6.72. The predicted octanol–water partition coefficient (Wildman–Crippen LogP) is 1.98. The number of ether oxygens (including phenoxy) is 1. The molecule has 1 fully saturated rings. The van der Waals surface area contributed by atoms with Crippen LogP contribution in [0.2, 0.25) is 0 Å². The van der Waals surface area contributed by atoms with Crippen molar-refractivity contribution in [2.24, 2.45) is 11.8 Å². The Morgan fingerprint density at radius 1 is 1.15 bits per heavy atom. The van der Waals surface area contributed by atoms with E-state index in [1.165, 1.54) is 11.9 Å². The van der Waals surface area contributed by atoms with Gasteiger partial charge in [-0.05, 0) is 37.8 Å². The molecule has 33 heavy (non-hydrogen) atoms. The van der Waals surface area contributed by atoms with Gasteiger partial charge in [-0.2, -0.15) is 0 Å². The van der Waals surface area contributed by atoms with Gasteiger partial charge in [0.2, 0.25) is 11.8 Å². The van der Waals surface area contributed by atoms with Crippen LogP contribution in [-0.4, -0.2) is 72.8 Å². The van der Waals surface area contributed by atoms with E-state index in [2.05, 4.69) is 5.32 Å². The van der Waals surface area contributed by atoms with Gasteiger partial charge in [-0.1, -0.05) is 19.9 Å². The number of hydrogen-bond acceptors (Lipinski definition) is 5. The molecule has 3 amide bonds. The summed E-state index contributed by atoms with van der Waals surface area (Å²) in [6.07, 6.45) is 0.974. The summed E-state index contributed by atoms with van der Waals surface area (Å²) in [6.45, 7) is 5.93. The molecule has 0 aromatic heterocycles. The quantitative estimate of drug-likeness (QED) is 0.590. The van der Waals surface area contributed by atoms with Crippen LogP contribution in [0.25, 0.3) is 0 Å². The van der Waals surface area contributed by atoms with E-state index in [0.29, 0.717) is 32.5 Å². The predicted molar refractivity (Wildman–Crippen MR) is 116 cm³/mol. The number of likely N-dealkylation sites (N-methyl/N-ethyl adjacent to an activating group) is 1. The van der Waals surface area contributed by atoms with Crippen LogP contribution in [0.4, 0.5) is 8.78 Å².